The molecule has 1 aromatic heterocycles. The summed E-state index contributed by atoms with van der Waals surface area (Å²) in [6.45, 7) is 0. The fourth-order valence-electron chi connectivity index (χ4n) is 1.49. The largest absolute Gasteiger partial charge is 0.433 e. The molecule has 3 nitrogen and oxygen atoms in total. The average molecular weight is 380 g/mol. The predicted octanol–water partition coefficient (Wildman–Crippen LogP) is 4.77. The first-order chi connectivity index (χ1) is 9.79. The molecule has 1 aromatic carbocycles. The van der Waals surface area contributed by atoms with Gasteiger partial charge in [-0.25, -0.2) is 0 Å². The van der Waals surface area contributed by atoms with Crippen molar-refractivity contribution in [3.05, 3.63) is 57.3 Å². The van der Waals surface area contributed by atoms with Crippen molar-refractivity contribution >= 4 is 39.1 Å². The third-order valence-electron chi connectivity index (χ3n) is 2.52. The lowest BCUT2D eigenvalue weighted by Crippen LogP contribution is -2.14. The second kappa shape index (κ2) is 6.03. The van der Waals surface area contributed by atoms with Gasteiger partial charge in [0.2, 0.25) is 0 Å². The number of rotatable bonds is 2. The molecule has 0 fully saturated rings. The Kier molecular flexibility index (Phi) is 4.53. The van der Waals surface area contributed by atoms with Crippen LogP contribution in [0.3, 0.4) is 0 Å². The Hall–Kier alpha value is -1.60. The highest BCUT2D eigenvalue weighted by molar-refractivity contribution is 9.10. The molecule has 0 aliphatic rings. The van der Waals surface area contributed by atoms with Gasteiger partial charge in [-0.05, 0) is 40.2 Å². The number of benzene rings is 1. The number of amides is 1. The third kappa shape index (κ3) is 3.74. The van der Waals surface area contributed by atoms with E-state index < -0.39 is 17.8 Å². The van der Waals surface area contributed by atoms with Crippen LogP contribution in [0.15, 0.2) is 41.0 Å². The van der Waals surface area contributed by atoms with Gasteiger partial charge in [-0.2, -0.15) is 13.2 Å². The highest BCUT2D eigenvalue weighted by atomic mass is 79.9. The first-order valence-corrected chi connectivity index (χ1v) is 6.75. The number of halogens is 5. The summed E-state index contributed by atoms with van der Waals surface area (Å²) in [5.41, 5.74) is -0.634. The summed E-state index contributed by atoms with van der Waals surface area (Å²) >= 11 is 9.09. The summed E-state index contributed by atoms with van der Waals surface area (Å²) in [5, 5.41) is 2.94. The van der Waals surface area contributed by atoms with E-state index in [1.54, 1.807) is 18.2 Å². The summed E-state index contributed by atoms with van der Waals surface area (Å²) in [7, 11) is 0. The van der Waals surface area contributed by atoms with E-state index in [-0.39, 0.29) is 5.56 Å². The van der Waals surface area contributed by atoms with Crippen LogP contribution in [0, 0.1) is 0 Å². The number of carbonyl (C=O) groups is 1. The van der Waals surface area contributed by atoms with Gasteiger partial charge in [0.1, 0.15) is 5.69 Å². The van der Waals surface area contributed by atoms with E-state index in [4.69, 9.17) is 11.6 Å². The zero-order valence-corrected chi connectivity index (χ0v) is 12.6. The van der Waals surface area contributed by atoms with Crippen molar-refractivity contribution in [3.63, 3.8) is 0 Å². The van der Waals surface area contributed by atoms with Gasteiger partial charge in [0.05, 0.1) is 20.7 Å². The van der Waals surface area contributed by atoms with Crippen molar-refractivity contribution in [2.45, 2.75) is 6.18 Å². The number of carbonyl (C=O) groups excluding carboxylic acids is 1. The second-order valence-corrected chi connectivity index (χ2v) is 5.19. The molecular weight excluding hydrogens is 373 g/mol. The number of aromatic nitrogens is 1. The smallest absolute Gasteiger partial charge is 0.321 e. The third-order valence-corrected chi connectivity index (χ3v) is 3.91. The van der Waals surface area contributed by atoms with Gasteiger partial charge in [-0.1, -0.05) is 17.7 Å². The molecule has 2 aromatic rings. The lowest BCUT2D eigenvalue weighted by atomic mass is 10.2. The Bertz CT molecular complexity index is 674. The van der Waals surface area contributed by atoms with Crippen LogP contribution in [-0.4, -0.2) is 10.9 Å². The summed E-state index contributed by atoms with van der Waals surface area (Å²) in [5.74, 6) is -0.584. The van der Waals surface area contributed by atoms with Crippen LogP contribution in [0.4, 0.5) is 18.9 Å². The topological polar surface area (TPSA) is 42.0 Å². The Balaban J connectivity index is 2.19. The van der Waals surface area contributed by atoms with E-state index in [1.165, 1.54) is 0 Å². The van der Waals surface area contributed by atoms with Crippen LogP contribution in [0.25, 0.3) is 0 Å². The highest BCUT2D eigenvalue weighted by Crippen LogP contribution is 2.30. The van der Waals surface area contributed by atoms with Crippen molar-refractivity contribution in [2.75, 3.05) is 5.32 Å². The SMILES string of the molecule is O=C(Nc1cccc(Cl)c1Br)c1ccc(C(F)(F)F)nc1. The molecule has 0 radical (unpaired) electrons. The first-order valence-electron chi connectivity index (χ1n) is 5.57. The molecule has 1 amide bonds. The molecule has 8 heteroatoms. The fraction of sp³-hybridized carbons (Fsp3) is 0.0769. The summed E-state index contributed by atoms with van der Waals surface area (Å²) in [6.07, 6.45) is -3.67. The van der Waals surface area contributed by atoms with Crippen molar-refractivity contribution in [1.29, 1.82) is 0 Å². The summed E-state index contributed by atoms with van der Waals surface area (Å²) in [6, 6.07) is 6.67. The molecule has 0 spiro atoms. The highest BCUT2D eigenvalue weighted by Gasteiger charge is 2.32. The van der Waals surface area contributed by atoms with Crippen molar-refractivity contribution in [1.82, 2.24) is 4.98 Å². The Labute approximate surface area is 131 Å². The van der Waals surface area contributed by atoms with Crippen LogP contribution in [-0.2, 0) is 6.18 Å². The maximum Gasteiger partial charge on any atom is 0.433 e. The van der Waals surface area contributed by atoms with Crippen LogP contribution < -0.4 is 5.32 Å². The van der Waals surface area contributed by atoms with Gasteiger partial charge >= 0.3 is 6.18 Å². The van der Waals surface area contributed by atoms with E-state index in [0.717, 1.165) is 18.3 Å². The number of alkyl halides is 3. The van der Waals surface area contributed by atoms with E-state index in [9.17, 15) is 18.0 Å². The predicted molar refractivity (Wildman–Crippen MR) is 76.3 cm³/mol. The van der Waals surface area contributed by atoms with Crippen molar-refractivity contribution in [2.24, 2.45) is 0 Å². The molecule has 1 heterocycles. The van der Waals surface area contributed by atoms with Gasteiger partial charge in [0.25, 0.3) is 5.91 Å². The van der Waals surface area contributed by atoms with E-state index >= 15 is 0 Å². The molecule has 0 bridgehead atoms. The number of nitrogens with one attached hydrogen (secondary N) is 1. The maximum atomic E-state index is 12.4. The zero-order valence-electron chi connectivity index (χ0n) is 10.2. The van der Waals surface area contributed by atoms with E-state index in [0.29, 0.717) is 15.2 Å². The Morgan fingerprint density at radius 2 is 1.95 bits per heavy atom. The van der Waals surface area contributed by atoms with Gasteiger partial charge in [-0.15, -0.1) is 0 Å². The molecule has 1 N–H and O–H groups in total. The summed E-state index contributed by atoms with van der Waals surface area (Å²) < 4.78 is 37.6. The number of anilines is 1. The molecule has 21 heavy (non-hydrogen) atoms. The lowest BCUT2D eigenvalue weighted by Gasteiger charge is -2.09. The molecule has 110 valence electrons. The minimum atomic E-state index is -4.54. The lowest BCUT2D eigenvalue weighted by molar-refractivity contribution is -0.141. The van der Waals surface area contributed by atoms with Crippen LogP contribution >= 0.6 is 27.5 Å². The normalized spacial score (nSPS) is 11.3. The minimum absolute atomic E-state index is 0.00914. The van der Waals surface area contributed by atoms with Gasteiger partial charge in [0, 0.05) is 6.20 Å². The van der Waals surface area contributed by atoms with E-state index in [2.05, 4.69) is 26.2 Å². The van der Waals surface area contributed by atoms with Crippen molar-refractivity contribution in [3.8, 4) is 0 Å². The number of pyridine rings is 1. The average Bonchev–Trinajstić information content (AvgIpc) is 2.43. The van der Waals surface area contributed by atoms with Crippen LogP contribution in [0.2, 0.25) is 5.02 Å². The molecule has 0 saturated carbocycles. The van der Waals surface area contributed by atoms with Crippen molar-refractivity contribution < 1.29 is 18.0 Å². The molecule has 0 unspecified atom stereocenters. The van der Waals surface area contributed by atoms with E-state index in [1.807, 2.05) is 0 Å². The molecule has 0 aliphatic heterocycles. The Morgan fingerprint density at radius 3 is 2.52 bits per heavy atom. The molecular formula is C13H7BrClF3N2O. The van der Waals surface area contributed by atoms with Gasteiger partial charge < -0.3 is 5.32 Å². The fourth-order valence-corrected chi connectivity index (χ4v) is 2.03. The van der Waals surface area contributed by atoms with Gasteiger partial charge in [-0.3, -0.25) is 9.78 Å². The Morgan fingerprint density at radius 1 is 1.24 bits per heavy atom. The minimum Gasteiger partial charge on any atom is -0.321 e. The monoisotopic (exact) mass is 378 g/mol. The van der Waals surface area contributed by atoms with Crippen LogP contribution in [0.1, 0.15) is 16.1 Å². The number of hydrogen-bond acceptors (Lipinski definition) is 2. The maximum absolute atomic E-state index is 12.4. The molecule has 0 saturated heterocycles. The molecule has 2 rings (SSSR count). The number of hydrogen-bond donors (Lipinski definition) is 1. The summed E-state index contributed by atoms with van der Waals surface area (Å²) in [4.78, 5) is 15.2. The number of nitrogens with zero attached hydrogens (tertiary/aromatic N) is 1. The quantitative estimate of drug-likeness (QED) is 0.817. The second-order valence-electron chi connectivity index (χ2n) is 3.99. The van der Waals surface area contributed by atoms with Crippen LogP contribution in [0.5, 0.6) is 0 Å². The molecule has 0 atom stereocenters. The first kappa shape index (κ1) is 15.8. The van der Waals surface area contributed by atoms with Gasteiger partial charge in [0.15, 0.2) is 0 Å². The standard InChI is InChI=1S/C13H7BrClF3N2O/c14-11-8(15)2-1-3-9(11)20-12(21)7-4-5-10(19-6-7)13(16,17)18/h1-6H,(H,20,21). The zero-order chi connectivity index (χ0) is 15.6. The molecule has 0 aliphatic carbocycles.